The van der Waals surface area contributed by atoms with Crippen molar-refractivity contribution in [1.82, 2.24) is 0 Å². The molecule has 0 fully saturated rings. The Kier molecular flexibility index (Phi) is 4.82. The molecule has 0 aliphatic heterocycles. The maximum Gasteiger partial charge on any atom is 0.309 e. The normalized spacial score (nSPS) is 10.1. The van der Waals surface area contributed by atoms with Crippen molar-refractivity contribution in [3.05, 3.63) is 23.3 Å². The molecule has 1 rings (SSSR count). The highest BCUT2D eigenvalue weighted by Gasteiger charge is 2.13. The zero-order valence-corrected chi connectivity index (χ0v) is 10.4. The van der Waals surface area contributed by atoms with Gasteiger partial charge in [0.15, 0.2) is 0 Å². The van der Waals surface area contributed by atoms with Crippen molar-refractivity contribution in [3.63, 3.8) is 0 Å². The van der Waals surface area contributed by atoms with Gasteiger partial charge in [-0.15, -0.1) is 0 Å². The Morgan fingerprint density at radius 3 is 2.59 bits per heavy atom. The Bertz CT molecular complexity index is 399. The van der Waals surface area contributed by atoms with Gasteiger partial charge in [-0.2, -0.15) is 0 Å². The number of methoxy groups -OCH3 is 2. The molecule has 0 amide bonds. The molecule has 4 nitrogen and oxygen atoms in total. The molecular formula is C13H18O4. The fourth-order valence-electron chi connectivity index (χ4n) is 1.73. The van der Waals surface area contributed by atoms with Gasteiger partial charge in [-0.25, -0.2) is 0 Å². The summed E-state index contributed by atoms with van der Waals surface area (Å²) in [4.78, 5) is 11.3. The molecule has 0 atom stereocenters. The van der Waals surface area contributed by atoms with Gasteiger partial charge in [0, 0.05) is 6.07 Å². The van der Waals surface area contributed by atoms with E-state index in [2.05, 4.69) is 4.74 Å². The molecule has 0 saturated heterocycles. The monoisotopic (exact) mass is 238 g/mol. The van der Waals surface area contributed by atoms with E-state index < -0.39 is 0 Å². The summed E-state index contributed by atoms with van der Waals surface area (Å²) in [6.45, 7) is 2.02. The van der Waals surface area contributed by atoms with Crippen LogP contribution >= 0.6 is 0 Å². The van der Waals surface area contributed by atoms with E-state index in [1.54, 1.807) is 12.1 Å². The molecule has 94 valence electrons. The van der Waals surface area contributed by atoms with E-state index in [1.165, 1.54) is 14.2 Å². The highest BCUT2D eigenvalue weighted by Crippen LogP contribution is 2.29. The average Bonchev–Trinajstić information content (AvgIpc) is 2.32. The number of phenols is 1. The van der Waals surface area contributed by atoms with Crippen molar-refractivity contribution in [1.29, 1.82) is 0 Å². The zero-order valence-electron chi connectivity index (χ0n) is 10.4. The number of rotatable bonds is 5. The van der Waals surface area contributed by atoms with Crippen molar-refractivity contribution < 1.29 is 19.4 Å². The maximum atomic E-state index is 11.3. The lowest BCUT2D eigenvalue weighted by atomic mass is 9.99. The number of hydrogen-bond acceptors (Lipinski definition) is 4. The van der Waals surface area contributed by atoms with E-state index >= 15 is 0 Å². The zero-order chi connectivity index (χ0) is 12.8. The van der Waals surface area contributed by atoms with Gasteiger partial charge in [-0.3, -0.25) is 4.79 Å². The fraction of sp³-hybridized carbons (Fsp3) is 0.462. The Labute approximate surface area is 101 Å². The van der Waals surface area contributed by atoms with Crippen LogP contribution in [0, 0.1) is 0 Å². The van der Waals surface area contributed by atoms with E-state index in [9.17, 15) is 9.90 Å². The Morgan fingerprint density at radius 1 is 1.35 bits per heavy atom. The van der Waals surface area contributed by atoms with Gasteiger partial charge in [-0.05, 0) is 23.6 Å². The molecule has 0 saturated carbocycles. The molecule has 1 aromatic carbocycles. The first kappa shape index (κ1) is 13.4. The molecule has 4 heteroatoms. The van der Waals surface area contributed by atoms with Crippen molar-refractivity contribution in [2.45, 2.75) is 26.2 Å². The number of hydrogen-bond donors (Lipinski definition) is 1. The predicted molar refractivity (Wildman–Crippen MR) is 64.4 cm³/mol. The largest absolute Gasteiger partial charge is 0.508 e. The van der Waals surface area contributed by atoms with Gasteiger partial charge >= 0.3 is 5.97 Å². The minimum atomic E-state index is -0.324. The second-order valence-corrected chi connectivity index (χ2v) is 3.79. The molecule has 0 heterocycles. The molecular weight excluding hydrogens is 220 g/mol. The lowest BCUT2D eigenvalue weighted by Gasteiger charge is -2.12. The highest BCUT2D eigenvalue weighted by atomic mass is 16.5. The number of aromatic hydroxyl groups is 1. The predicted octanol–water partition coefficient (Wildman–Crippen LogP) is 2.07. The fourth-order valence-corrected chi connectivity index (χ4v) is 1.73. The third kappa shape index (κ3) is 3.37. The summed E-state index contributed by atoms with van der Waals surface area (Å²) in [6, 6.07) is 3.33. The number of phenolic OH excluding ortho intramolecular Hbond substituents is 1. The Balaban J connectivity index is 3.12. The standard InChI is InChI=1S/C13H18O4/c1-4-5-11-9(7-13(15)17-3)6-10(16-2)8-12(11)14/h6,8,14H,4-5,7H2,1-3H3. The van der Waals surface area contributed by atoms with Crippen LogP contribution in [-0.4, -0.2) is 25.3 Å². The lowest BCUT2D eigenvalue weighted by Crippen LogP contribution is -2.07. The summed E-state index contributed by atoms with van der Waals surface area (Å²) in [6.07, 6.45) is 1.77. The van der Waals surface area contributed by atoms with E-state index in [4.69, 9.17) is 4.74 Å². The van der Waals surface area contributed by atoms with Crippen LogP contribution in [0.2, 0.25) is 0 Å². The molecule has 0 aliphatic rings. The molecule has 0 unspecified atom stereocenters. The smallest absolute Gasteiger partial charge is 0.309 e. The highest BCUT2D eigenvalue weighted by molar-refractivity contribution is 5.73. The summed E-state index contributed by atoms with van der Waals surface area (Å²) in [7, 11) is 2.87. The lowest BCUT2D eigenvalue weighted by molar-refractivity contribution is -0.139. The van der Waals surface area contributed by atoms with E-state index in [-0.39, 0.29) is 18.1 Å². The first-order chi connectivity index (χ1) is 8.12. The van der Waals surface area contributed by atoms with Crippen LogP contribution < -0.4 is 4.74 Å². The van der Waals surface area contributed by atoms with E-state index in [1.807, 2.05) is 6.92 Å². The second kappa shape index (κ2) is 6.13. The van der Waals surface area contributed by atoms with Crippen molar-refractivity contribution in [2.24, 2.45) is 0 Å². The molecule has 1 N–H and O–H groups in total. The summed E-state index contributed by atoms with van der Waals surface area (Å²) in [5.74, 6) is 0.390. The quantitative estimate of drug-likeness (QED) is 0.798. The Hall–Kier alpha value is -1.71. The van der Waals surface area contributed by atoms with Gasteiger partial charge in [0.05, 0.1) is 20.6 Å². The van der Waals surface area contributed by atoms with Crippen LogP contribution in [0.1, 0.15) is 24.5 Å². The van der Waals surface area contributed by atoms with E-state index in [0.717, 1.165) is 24.0 Å². The third-order valence-corrected chi connectivity index (χ3v) is 2.59. The summed E-state index contributed by atoms with van der Waals surface area (Å²) < 4.78 is 9.71. The topological polar surface area (TPSA) is 55.8 Å². The summed E-state index contributed by atoms with van der Waals surface area (Å²) in [5, 5.41) is 9.89. The number of benzene rings is 1. The van der Waals surface area contributed by atoms with Crippen molar-refractivity contribution >= 4 is 5.97 Å². The minimum Gasteiger partial charge on any atom is -0.508 e. The molecule has 0 aromatic heterocycles. The second-order valence-electron chi connectivity index (χ2n) is 3.79. The van der Waals surface area contributed by atoms with Gasteiger partial charge in [0.1, 0.15) is 11.5 Å². The minimum absolute atomic E-state index is 0.149. The first-order valence-corrected chi connectivity index (χ1v) is 5.57. The van der Waals surface area contributed by atoms with Crippen molar-refractivity contribution in [2.75, 3.05) is 14.2 Å². The van der Waals surface area contributed by atoms with Crippen LogP contribution in [0.15, 0.2) is 12.1 Å². The number of ether oxygens (including phenoxy) is 2. The summed E-state index contributed by atoms with van der Waals surface area (Å²) in [5.41, 5.74) is 1.55. The molecule has 0 aliphatic carbocycles. The molecule has 0 spiro atoms. The van der Waals surface area contributed by atoms with Crippen molar-refractivity contribution in [3.8, 4) is 11.5 Å². The van der Waals surface area contributed by atoms with Crippen LogP contribution in [0.5, 0.6) is 11.5 Å². The number of carbonyl (C=O) groups is 1. The number of esters is 1. The SMILES string of the molecule is CCCc1c(O)cc(OC)cc1CC(=O)OC. The van der Waals surface area contributed by atoms with Gasteiger partial charge in [0.25, 0.3) is 0 Å². The molecule has 17 heavy (non-hydrogen) atoms. The first-order valence-electron chi connectivity index (χ1n) is 5.57. The maximum absolute atomic E-state index is 11.3. The molecule has 1 aromatic rings. The van der Waals surface area contributed by atoms with E-state index in [0.29, 0.717) is 5.75 Å². The van der Waals surface area contributed by atoms with Crippen LogP contribution in [0.3, 0.4) is 0 Å². The van der Waals surface area contributed by atoms with Gasteiger partial charge < -0.3 is 14.6 Å². The van der Waals surface area contributed by atoms with Gasteiger partial charge in [-0.1, -0.05) is 13.3 Å². The van der Waals surface area contributed by atoms with Gasteiger partial charge in [0.2, 0.25) is 0 Å². The third-order valence-electron chi connectivity index (χ3n) is 2.59. The van der Waals surface area contributed by atoms with Crippen LogP contribution in [-0.2, 0) is 22.4 Å². The van der Waals surface area contributed by atoms with Crippen LogP contribution in [0.25, 0.3) is 0 Å². The Morgan fingerprint density at radius 2 is 2.06 bits per heavy atom. The summed E-state index contributed by atoms with van der Waals surface area (Å²) >= 11 is 0. The van der Waals surface area contributed by atoms with Crippen LogP contribution in [0.4, 0.5) is 0 Å². The molecule has 0 bridgehead atoms. The number of carbonyl (C=O) groups excluding carboxylic acids is 1. The average molecular weight is 238 g/mol. The molecule has 0 radical (unpaired) electrons.